The molecule has 0 bridgehead atoms. The summed E-state index contributed by atoms with van der Waals surface area (Å²) >= 11 is 0. The van der Waals surface area contributed by atoms with E-state index in [0.29, 0.717) is 24.7 Å². The zero-order valence-electron chi connectivity index (χ0n) is 19.3. The van der Waals surface area contributed by atoms with Crippen LogP contribution in [0, 0.1) is 27.7 Å². The third kappa shape index (κ3) is 5.45. The maximum Gasteiger partial charge on any atom is 0.337 e. The molecule has 4 nitrogen and oxygen atoms in total. The Morgan fingerprint density at radius 2 is 1.74 bits per heavy atom. The fourth-order valence-corrected chi connectivity index (χ4v) is 4.23. The zero-order valence-corrected chi connectivity index (χ0v) is 19.3. The summed E-state index contributed by atoms with van der Waals surface area (Å²) < 4.78 is 2.15. The summed E-state index contributed by atoms with van der Waals surface area (Å²) in [5.41, 5.74) is 8.17. The van der Waals surface area contributed by atoms with Crippen LogP contribution in [0.25, 0.3) is 0 Å². The highest BCUT2D eigenvalue weighted by atomic mass is 16.4. The first kappa shape index (κ1) is 22.8. The second-order valence-electron chi connectivity index (χ2n) is 8.65. The van der Waals surface area contributed by atoms with Crippen molar-refractivity contribution in [3.63, 3.8) is 0 Å². The lowest BCUT2D eigenvalue weighted by molar-refractivity contribution is 0.0694. The molecule has 2 aromatic carbocycles. The number of hydrogen-bond acceptors (Lipinski definition) is 2. The van der Waals surface area contributed by atoms with Crippen LogP contribution in [0.5, 0.6) is 0 Å². The number of nitrogens with zero attached hydrogens (tertiary/aromatic N) is 1. The second kappa shape index (κ2) is 9.97. The first-order valence-corrected chi connectivity index (χ1v) is 11.0. The van der Waals surface area contributed by atoms with Gasteiger partial charge >= 0.3 is 5.97 Å². The highest BCUT2D eigenvalue weighted by molar-refractivity contribution is 5.91. The summed E-state index contributed by atoms with van der Waals surface area (Å²) in [5, 5.41) is 13.5. The van der Waals surface area contributed by atoms with E-state index >= 15 is 0 Å². The van der Waals surface area contributed by atoms with Crippen LogP contribution in [0.1, 0.15) is 62.9 Å². The molecule has 1 heterocycles. The first-order chi connectivity index (χ1) is 14.8. The molecule has 31 heavy (non-hydrogen) atoms. The molecule has 0 spiro atoms. The number of carboxylic acids is 1. The van der Waals surface area contributed by atoms with Crippen LogP contribution >= 0.6 is 0 Å². The molecule has 0 saturated carbocycles. The summed E-state index contributed by atoms with van der Waals surface area (Å²) in [6.45, 7) is 11.6. The van der Waals surface area contributed by atoms with Gasteiger partial charge in [-0.3, -0.25) is 0 Å². The topological polar surface area (TPSA) is 54.3 Å². The van der Waals surface area contributed by atoms with Gasteiger partial charge in [0, 0.05) is 36.1 Å². The molecular formula is C27H34N2O2. The Morgan fingerprint density at radius 3 is 2.42 bits per heavy atom. The lowest BCUT2D eigenvalue weighted by atomic mass is 10.1. The van der Waals surface area contributed by atoms with Crippen molar-refractivity contribution in [3.05, 3.63) is 93.3 Å². The van der Waals surface area contributed by atoms with Crippen LogP contribution in [0.15, 0.2) is 48.5 Å². The predicted molar refractivity (Wildman–Crippen MR) is 127 cm³/mol. The lowest BCUT2D eigenvalue weighted by Gasteiger charge is -2.15. The Balaban J connectivity index is 1.77. The minimum absolute atomic E-state index is 0.295. The number of carbonyl (C=O) groups is 1. The van der Waals surface area contributed by atoms with Gasteiger partial charge in [-0.2, -0.15) is 0 Å². The molecular weight excluding hydrogens is 384 g/mol. The van der Waals surface area contributed by atoms with Gasteiger partial charge in [0.05, 0.1) is 5.56 Å². The van der Waals surface area contributed by atoms with Crippen LogP contribution < -0.4 is 5.32 Å². The van der Waals surface area contributed by atoms with Crippen molar-refractivity contribution in [1.29, 1.82) is 0 Å². The quantitative estimate of drug-likeness (QED) is 0.477. The fourth-order valence-electron chi connectivity index (χ4n) is 4.23. The molecule has 0 fully saturated rings. The van der Waals surface area contributed by atoms with Crippen LogP contribution in [0.3, 0.4) is 0 Å². The molecule has 0 aliphatic carbocycles. The number of rotatable bonds is 9. The largest absolute Gasteiger partial charge is 0.478 e. The molecule has 0 radical (unpaired) electrons. The van der Waals surface area contributed by atoms with Gasteiger partial charge in [0.15, 0.2) is 0 Å². The van der Waals surface area contributed by atoms with E-state index in [2.05, 4.69) is 73.1 Å². The standard InChI is InChI=1S/C27H34N2O2/c1-18-11-12-19(2)24(15-18)17-29-21(4)25(26(22(29)5)27(30)31)16-28-20(3)13-14-23-9-7-6-8-10-23/h6-12,15,20,28H,13-14,16-17H2,1-5H3,(H,30,31)/t20-/m0/s1. The van der Waals surface area contributed by atoms with E-state index in [9.17, 15) is 9.90 Å². The highest BCUT2D eigenvalue weighted by Gasteiger charge is 2.23. The number of aromatic carboxylic acids is 1. The van der Waals surface area contributed by atoms with Gasteiger partial charge in [-0.1, -0.05) is 54.1 Å². The lowest BCUT2D eigenvalue weighted by Crippen LogP contribution is -2.27. The van der Waals surface area contributed by atoms with E-state index in [1.54, 1.807) is 0 Å². The molecule has 0 amide bonds. The van der Waals surface area contributed by atoms with E-state index in [1.165, 1.54) is 22.3 Å². The van der Waals surface area contributed by atoms with Crippen molar-refractivity contribution in [1.82, 2.24) is 9.88 Å². The number of aryl methyl sites for hydroxylation is 3. The number of benzene rings is 2. The molecule has 0 aliphatic heterocycles. The Hall–Kier alpha value is -2.85. The molecule has 0 unspecified atom stereocenters. The van der Waals surface area contributed by atoms with E-state index in [1.807, 2.05) is 19.9 Å². The van der Waals surface area contributed by atoms with Crippen molar-refractivity contribution in [3.8, 4) is 0 Å². The molecule has 1 atom stereocenters. The molecule has 4 heteroatoms. The van der Waals surface area contributed by atoms with Crippen LogP contribution in [0.2, 0.25) is 0 Å². The van der Waals surface area contributed by atoms with Gasteiger partial charge < -0.3 is 15.0 Å². The van der Waals surface area contributed by atoms with Crippen molar-refractivity contribution in [2.45, 2.75) is 66.6 Å². The molecule has 3 aromatic rings. The summed E-state index contributed by atoms with van der Waals surface area (Å²) in [7, 11) is 0. The van der Waals surface area contributed by atoms with Crippen molar-refractivity contribution < 1.29 is 9.90 Å². The van der Waals surface area contributed by atoms with Crippen molar-refractivity contribution in [2.75, 3.05) is 0 Å². The van der Waals surface area contributed by atoms with Crippen LogP contribution in [0.4, 0.5) is 0 Å². The van der Waals surface area contributed by atoms with Gasteiger partial charge in [0.1, 0.15) is 0 Å². The Morgan fingerprint density at radius 1 is 1.03 bits per heavy atom. The van der Waals surface area contributed by atoms with E-state index in [0.717, 1.165) is 29.8 Å². The third-order valence-corrected chi connectivity index (χ3v) is 6.29. The number of hydrogen-bond donors (Lipinski definition) is 2. The summed E-state index contributed by atoms with van der Waals surface area (Å²) in [5.74, 6) is -0.853. The SMILES string of the molecule is Cc1ccc(C)c(Cn2c(C)c(CN[C@@H](C)CCc3ccccc3)c(C(=O)O)c2C)c1. The van der Waals surface area contributed by atoms with Crippen molar-refractivity contribution >= 4 is 5.97 Å². The van der Waals surface area contributed by atoms with E-state index < -0.39 is 5.97 Å². The van der Waals surface area contributed by atoms with Crippen molar-refractivity contribution in [2.24, 2.45) is 0 Å². The third-order valence-electron chi connectivity index (χ3n) is 6.29. The average Bonchev–Trinajstić information content (AvgIpc) is 2.98. The van der Waals surface area contributed by atoms with Crippen LogP contribution in [-0.4, -0.2) is 21.7 Å². The first-order valence-electron chi connectivity index (χ1n) is 11.0. The number of aromatic nitrogens is 1. The van der Waals surface area contributed by atoms with Gasteiger partial charge in [-0.15, -0.1) is 0 Å². The predicted octanol–water partition coefficient (Wildman–Crippen LogP) is 5.58. The molecule has 3 rings (SSSR count). The molecule has 2 N–H and O–H groups in total. The minimum Gasteiger partial charge on any atom is -0.478 e. The fraction of sp³-hybridized carbons (Fsp3) is 0.370. The number of carboxylic acid groups (broad SMARTS) is 1. The Bertz CT molecular complexity index is 1050. The second-order valence-corrected chi connectivity index (χ2v) is 8.65. The Kier molecular flexibility index (Phi) is 7.34. The molecule has 164 valence electrons. The maximum absolute atomic E-state index is 12.1. The average molecular weight is 419 g/mol. The minimum atomic E-state index is -0.853. The maximum atomic E-state index is 12.1. The smallest absolute Gasteiger partial charge is 0.337 e. The Labute approximate surface area is 185 Å². The van der Waals surface area contributed by atoms with Gasteiger partial charge in [-0.25, -0.2) is 4.79 Å². The zero-order chi connectivity index (χ0) is 22.5. The van der Waals surface area contributed by atoms with Gasteiger partial charge in [-0.05, 0) is 64.2 Å². The summed E-state index contributed by atoms with van der Waals surface area (Å²) in [6.07, 6.45) is 2.01. The summed E-state index contributed by atoms with van der Waals surface area (Å²) in [4.78, 5) is 12.1. The summed E-state index contributed by atoms with van der Waals surface area (Å²) in [6, 6.07) is 17.2. The molecule has 0 saturated heterocycles. The number of nitrogens with one attached hydrogen (secondary N) is 1. The van der Waals surface area contributed by atoms with E-state index in [4.69, 9.17) is 0 Å². The van der Waals surface area contributed by atoms with Crippen LogP contribution in [-0.2, 0) is 19.5 Å². The van der Waals surface area contributed by atoms with Gasteiger partial charge in [0.25, 0.3) is 0 Å². The molecule has 1 aromatic heterocycles. The van der Waals surface area contributed by atoms with Gasteiger partial charge in [0.2, 0.25) is 0 Å². The monoisotopic (exact) mass is 418 g/mol. The van der Waals surface area contributed by atoms with E-state index in [-0.39, 0.29) is 0 Å². The normalized spacial score (nSPS) is 12.2. The molecule has 0 aliphatic rings. The highest BCUT2D eigenvalue weighted by Crippen LogP contribution is 2.25.